The maximum Gasteiger partial charge on any atom is 0.338 e. The number of aromatic nitrogens is 1. The van der Waals surface area contributed by atoms with Crippen molar-refractivity contribution in [2.24, 2.45) is 4.99 Å². The zero-order valence-corrected chi connectivity index (χ0v) is 19.4. The van der Waals surface area contributed by atoms with Crippen LogP contribution in [0.15, 0.2) is 82.2 Å². The second-order valence-electron chi connectivity index (χ2n) is 7.07. The van der Waals surface area contributed by atoms with Gasteiger partial charge in [-0.25, -0.2) is 9.79 Å². The van der Waals surface area contributed by atoms with Crippen molar-refractivity contribution in [1.29, 1.82) is 0 Å². The first-order valence-corrected chi connectivity index (χ1v) is 11.3. The van der Waals surface area contributed by atoms with Crippen molar-refractivity contribution in [3.63, 3.8) is 0 Å². The van der Waals surface area contributed by atoms with E-state index in [-0.39, 0.29) is 12.2 Å². The van der Waals surface area contributed by atoms with E-state index in [1.54, 1.807) is 49.4 Å². The Bertz CT molecular complexity index is 1400. The smallest absolute Gasteiger partial charge is 0.338 e. The number of hydrogen-bond donors (Lipinski definition) is 0. The molecule has 0 fully saturated rings. The minimum absolute atomic E-state index is 0.0595. The molecule has 1 atom stereocenters. The monoisotopic (exact) mass is 484 g/mol. The number of esters is 1. The van der Waals surface area contributed by atoms with Crippen molar-refractivity contribution in [2.45, 2.75) is 13.0 Å². The van der Waals surface area contributed by atoms with E-state index in [0.717, 1.165) is 11.1 Å². The van der Waals surface area contributed by atoms with Gasteiger partial charge < -0.3 is 4.74 Å². The largest absolute Gasteiger partial charge is 0.458 e. The molecule has 0 saturated carbocycles. The van der Waals surface area contributed by atoms with E-state index in [0.29, 0.717) is 30.6 Å². The summed E-state index contributed by atoms with van der Waals surface area (Å²) < 4.78 is 7.35. The Labute approximate surface area is 198 Å². The first-order valence-electron chi connectivity index (χ1n) is 9.70. The standard InChI is InChI=1S/C24H18Cl2N2O3S/c1-3-12-31-23(30)20-14(2)27-24-28(21(20)16-6-10-18(26)11-7-16)22(29)19(32-24)13-15-4-8-17(25)9-5-15/h3-11,13,21H,1,12H2,2H3. The Morgan fingerprint density at radius 3 is 2.41 bits per heavy atom. The molecular weight excluding hydrogens is 467 g/mol. The molecule has 0 aliphatic carbocycles. The average molecular weight is 485 g/mol. The molecule has 32 heavy (non-hydrogen) atoms. The lowest BCUT2D eigenvalue weighted by atomic mass is 9.96. The van der Waals surface area contributed by atoms with Crippen molar-refractivity contribution in [2.75, 3.05) is 6.61 Å². The Morgan fingerprint density at radius 2 is 1.78 bits per heavy atom. The first-order chi connectivity index (χ1) is 15.4. The number of nitrogens with zero attached hydrogens (tertiary/aromatic N) is 2. The molecule has 3 aromatic rings. The number of benzene rings is 2. The zero-order chi connectivity index (χ0) is 22.8. The van der Waals surface area contributed by atoms with E-state index in [1.165, 1.54) is 22.0 Å². The minimum atomic E-state index is -0.687. The average Bonchev–Trinajstić information content (AvgIpc) is 3.08. The number of ether oxygens (including phenoxy) is 1. The summed E-state index contributed by atoms with van der Waals surface area (Å²) in [4.78, 5) is 31.4. The molecule has 1 aliphatic rings. The van der Waals surface area contributed by atoms with E-state index in [4.69, 9.17) is 27.9 Å². The highest BCUT2D eigenvalue weighted by Gasteiger charge is 2.33. The van der Waals surface area contributed by atoms with E-state index in [9.17, 15) is 9.59 Å². The van der Waals surface area contributed by atoms with Gasteiger partial charge in [0.15, 0.2) is 4.80 Å². The number of carbonyl (C=O) groups is 1. The highest BCUT2D eigenvalue weighted by atomic mass is 35.5. The van der Waals surface area contributed by atoms with Gasteiger partial charge in [0.1, 0.15) is 6.61 Å². The molecular formula is C24H18Cl2N2O3S. The van der Waals surface area contributed by atoms with E-state index >= 15 is 0 Å². The van der Waals surface area contributed by atoms with Crippen LogP contribution in [-0.2, 0) is 9.53 Å². The van der Waals surface area contributed by atoms with Crippen molar-refractivity contribution < 1.29 is 9.53 Å². The summed E-state index contributed by atoms with van der Waals surface area (Å²) in [5, 5.41) is 1.17. The number of thiazole rings is 1. The van der Waals surface area contributed by atoms with Gasteiger partial charge in [-0.1, -0.05) is 71.5 Å². The molecule has 1 unspecified atom stereocenters. The molecule has 1 aliphatic heterocycles. The lowest BCUT2D eigenvalue weighted by Gasteiger charge is -2.24. The topological polar surface area (TPSA) is 60.7 Å². The van der Waals surface area contributed by atoms with Gasteiger partial charge in [0.2, 0.25) is 0 Å². The van der Waals surface area contributed by atoms with Crippen LogP contribution in [0.3, 0.4) is 0 Å². The molecule has 162 valence electrons. The summed E-state index contributed by atoms with van der Waals surface area (Å²) in [6, 6.07) is 13.5. The van der Waals surface area contributed by atoms with Crippen molar-refractivity contribution in [3.05, 3.63) is 113 Å². The highest BCUT2D eigenvalue weighted by molar-refractivity contribution is 7.07. The second-order valence-corrected chi connectivity index (χ2v) is 8.95. The third kappa shape index (κ3) is 4.35. The molecule has 1 aromatic heterocycles. The number of rotatable bonds is 5. The number of fused-ring (bicyclic) bond motifs is 1. The number of carbonyl (C=O) groups excluding carboxylic acids is 1. The van der Waals surface area contributed by atoms with Crippen molar-refractivity contribution >= 4 is 46.6 Å². The van der Waals surface area contributed by atoms with Gasteiger partial charge >= 0.3 is 5.97 Å². The fourth-order valence-electron chi connectivity index (χ4n) is 3.47. The number of hydrogen-bond acceptors (Lipinski definition) is 5. The van der Waals surface area contributed by atoms with Gasteiger partial charge in [-0.3, -0.25) is 9.36 Å². The Hall–Kier alpha value is -2.93. The maximum absolute atomic E-state index is 13.5. The van der Waals surface area contributed by atoms with Gasteiger partial charge in [-0.05, 0) is 48.4 Å². The molecule has 0 radical (unpaired) electrons. The van der Waals surface area contributed by atoms with Crippen LogP contribution in [0.2, 0.25) is 10.0 Å². The molecule has 0 N–H and O–H groups in total. The third-order valence-electron chi connectivity index (χ3n) is 4.93. The predicted octanol–water partition coefficient (Wildman–Crippen LogP) is 4.27. The molecule has 8 heteroatoms. The van der Waals surface area contributed by atoms with Crippen LogP contribution >= 0.6 is 34.5 Å². The summed E-state index contributed by atoms with van der Waals surface area (Å²) >= 11 is 13.3. The fourth-order valence-corrected chi connectivity index (χ4v) is 4.76. The summed E-state index contributed by atoms with van der Waals surface area (Å²) in [5.41, 5.74) is 2.13. The summed E-state index contributed by atoms with van der Waals surface area (Å²) in [7, 11) is 0. The minimum Gasteiger partial charge on any atom is -0.458 e. The van der Waals surface area contributed by atoms with Crippen LogP contribution in [0.5, 0.6) is 0 Å². The fraction of sp³-hybridized carbons (Fsp3) is 0.125. The molecule has 4 rings (SSSR count). The van der Waals surface area contributed by atoms with Crippen LogP contribution in [0.1, 0.15) is 24.1 Å². The highest BCUT2D eigenvalue weighted by Crippen LogP contribution is 2.31. The third-order valence-corrected chi connectivity index (χ3v) is 6.41. The molecule has 0 amide bonds. The summed E-state index contributed by atoms with van der Waals surface area (Å²) in [6.07, 6.45) is 3.28. The predicted molar refractivity (Wildman–Crippen MR) is 128 cm³/mol. The normalized spacial score (nSPS) is 15.8. The van der Waals surface area contributed by atoms with Crippen molar-refractivity contribution in [1.82, 2.24) is 4.57 Å². The maximum atomic E-state index is 13.5. The van der Waals surface area contributed by atoms with E-state index in [1.807, 2.05) is 12.1 Å². The van der Waals surface area contributed by atoms with Gasteiger partial charge in [0.05, 0.1) is 21.8 Å². The van der Waals surface area contributed by atoms with Crippen molar-refractivity contribution in [3.8, 4) is 0 Å². The number of halogens is 2. The molecule has 2 aromatic carbocycles. The van der Waals surface area contributed by atoms with Crippen LogP contribution in [0, 0.1) is 0 Å². The molecule has 0 bridgehead atoms. The van der Waals surface area contributed by atoms with Gasteiger partial charge in [-0.15, -0.1) is 0 Å². The second kappa shape index (κ2) is 9.28. The van der Waals surface area contributed by atoms with Crippen LogP contribution in [0.4, 0.5) is 0 Å². The van der Waals surface area contributed by atoms with E-state index < -0.39 is 12.0 Å². The lowest BCUT2D eigenvalue weighted by molar-refractivity contribution is -0.138. The van der Waals surface area contributed by atoms with Gasteiger partial charge in [-0.2, -0.15) is 0 Å². The SMILES string of the molecule is C=CCOC(=O)C1=C(C)N=c2sc(=Cc3ccc(Cl)cc3)c(=O)n2C1c1ccc(Cl)cc1. The zero-order valence-electron chi connectivity index (χ0n) is 17.0. The quantitative estimate of drug-likeness (QED) is 0.401. The van der Waals surface area contributed by atoms with Gasteiger partial charge in [0, 0.05) is 10.0 Å². The molecule has 5 nitrogen and oxygen atoms in total. The van der Waals surface area contributed by atoms with Gasteiger partial charge in [0.25, 0.3) is 5.56 Å². The Kier molecular flexibility index (Phi) is 6.46. The summed E-state index contributed by atoms with van der Waals surface area (Å²) in [5.74, 6) is -0.543. The lowest BCUT2D eigenvalue weighted by Crippen LogP contribution is -2.39. The van der Waals surface area contributed by atoms with Crippen LogP contribution in [-0.4, -0.2) is 17.1 Å². The summed E-state index contributed by atoms with van der Waals surface area (Å²) in [6.45, 7) is 5.38. The van der Waals surface area contributed by atoms with E-state index in [2.05, 4.69) is 11.6 Å². The molecule has 2 heterocycles. The van der Waals surface area contributed by atoms with Crippen LogP contribution < -0.4 is 14.9 Å². The Balaban J connectivity index is 1.92. The molecule has 0 saturated heterocycles. The molecule has 0 spiro atoms. The van der Waals surface area contributed by atoms with Crippen LogP contribution in [0.25, 0.3) is 6.08 Å². The first kappa shape index (κ1) is 22.3. The Morgan fingerprint density at radius 1 is 1.16 bits per heavy atom. The number of allylic oxidation sites excluding steroid dienone is 1.